The van der Waals surface area contributed by atoms with E-state index in [0.29, 0.717) is 19.6 Å². The summed E-state index contributed by atoms with van der Waals surface area (Å²) in [4.78, 5) is 34.4. The number of ether oxygens (including phenoxy) is 2. The average Bonchev–Trinajstić information content (AvgIpc) is 2.40. The first-order valence-corrected chi connectivity index (χ1v) is 6.85. The molecule has 0 fully saturated rings. The molecule has 0 aromatic rings. The van der Waals surface area contributed by atoms with Crippen LogP contribution in [0, 0.1) is 5.92 Å². The largest absolute Gasteiger partial charge is 0.449 e. The van der Waals surface area contributed by atoms with Crippen molar-refractivity contribution in [2.45, 2.75) is 32.7 Å². The Labute approximate surface area is 124 Å². The number of carbonyl (C=O) groups is 3. The molecular formula is C13H25N3O5. The third kappa shape index (κ3) is 10.6. The third-order valence-electron chi connectivity index (χ3n) is 2.39. The Hall–Kier alpha value is -1.83. The molecule has 3 amide bonds. The Morgan fingerprint density at radius 1 is 1.24 bits per heavy atom. The van der Waals surface area contributed by atoms with Crippen molar-refractivity contribution in [3.63, 3.8) is 0 Å². The molecule has 0 radical (unpaired) electrons. The molecule has 0 rings (SSSR count). The SMILES string of the molecule is COCCCNC(=O)[C@@H](CC(N)=O)NC(=O)OCC(C)C. The Morgan fingerprint density at radius 3 is 2.43 bits per heavy atom. The van der Waals surface area contributed by atoms with E-state index in [-0.39, 0.29) is 18.9 Å². The number of hydrogen-bond donors (Lipinski definition) is 3. The van der Waals surface area contributed by atoms with Gasteiger partial charge >= 0.3 is 6.09 Å². The van der Waals surface area contributed by atoms with Crippen LogP contribution < -0.4 is 16.4 Å². The van der Waals surface area contributed by atoms with Crippen molar-refractivity contribution in [2.24, 2.45) is 11.7 Å². The number of nitrogens with one attached hydrogen (secondary N) is 2. The molecule has 8 nitrogen and oxygen atoms in total. The number of methoxy groups -OCH3 is 1. The number of hydrogen-bond acceptors (Lipinski definition) is 5. The Balaban J connectivity index is 4.32. The van der Waals surface area contributed by atoms with E-state index in [9.17, 15) is 14.4 Å². The Bertz CT molecular complexity index is 347. The van der Waals surface area contributed by atoms with E-state index < -0.39 is 23.9 Å². The fourth-order valence-corrected chi connectivity index (χ4v) is 1.39. The molecule has 21 heavy (non-hydrogen) atoms. The summed E-state index contributed by atoms with van der Waals surface area (Å²) in [6.45, 7) is 4.88. The standard InChI is InChI=1S/C13H25N3O5/c1-9(2)8-21-13(19)16-10(7-11(14)17)12(18)15-5-4-6-20-3/h9-10H,4-8H2,1-3H3,(H2,14,17)(H,15,18)(H,16,19)/t10-/m1/s1. The molecule has 0 unspecified atom stereocenters. The van der Waals surface area contributed by atoms with Gasteiger partial charge in [-0.2, -0.15) is 0 Å². The molecule has 0 aromatic carbocycles. The van der Waals surface area contributed by atoms with Gasteiger partial charge in [0.1, 0.15) is 6.04 Å². The van der Waals surface area contributed by atoms with E-state index in [2.05, 4.69) is 10.6 Å². The summed E-state index contributed by atoms with van der Waals surface area (Å²) < 4.78 is 9.76. The molecule has 0 spiro atoms. The van der Waals surface area contributed by atoms with E-state index in [1.807, 2.05) is 13.8 Å². The van der Waals surface area contributed by atoms with Gasteiger partial charge in [0, 0.05) is 20.3 Å². The van der Waals surface area contributed by atoms with Crippen molar-refractivity contribution in [2.75, 3.05) is 26.9 Å². The monoisotopic (exact) mass is 303 g/mol. The minimum atomic E-state index is -1.04. The molecule has 0 aromatic heterocycles. The van der Waals surface area contributed by atoms with Crippen molar-refractivity contribution in [1.29, 1.82) is 0 Å². The molecule has 8 heteroatoms. The number of primary amides is 1. The fourth-order valence-electron chi connectivity index (χ4n) is 1.39. The molecule has 122 valence electrons. The normalized spacial score (nSPS) is 11.8. The molecule has 0 heterocycles. The number of amides is 3. The first-order chi connectivity index (χ1) is 9.86. The second kappa shape index (κ2) is 10.9. The lowest BCUT2D eigenvalue weighted by molar-refractivity contribution is -0.127. The third-order valence-corrected chi connectivity index (χ3v) is 2.39. The fraction of sp³-hybridized carbons (Fsp3) is 0.769. The number of nitrogens with two attached hydrogens (primary N) is 1. The van der Waals surface area contributed by atoms with E-state index in [4.69, 9.17) is 15.2 Å². The first-order valence-electron chi connectivity index (χ1n) is 6.85. The predicted molar refractivity (Wildman–Crippen MR) is 76.4 cm³/mol. The molecule has 0 bridgehead atoms. The Morgan fingerprint density at radius 2 is 1.90 bits per heavy atom. The maximum atomic E-state index is 11.9. The van der Waals surface area contributed by atoms with Gasteiger partial charge in [-0.15, -0.1) is 0 Å². The van der Waals surface area contributed by atoms with E-state index in [0.717, 1.165) is 0 Å². The maximum absolute atomic E-state index is 11.9. The number of rotatable bonds is 10. The second-order valence-electron chi connectivity index (χ2n) is 5.00. The minimum Gasteiger partial charge on any atom is -0.449 e. The van der Waals surface area contributed by atoms with Crippen molar-refractivity contribution in [1.82, 2.24) is 10.6 Å². The summed E-state index contributed by atoms with van der Waals surface area (Å²) in [5.41, 5.74) is 5.07. The van der Waals surface area contributed by atoms with Gasteiger partial charge in [-0.25, -0.2) is 4.79 Å². The molecule has 0 aliphatic carbocycles. The predicted octanol–water partition coefficient (Wildman–Crippen LogP) is -0.235. The van der Waals surface area contributed by atoms with E-state index in [1.165, 1.54) is 0 Å². The zero-order valence-electron chi connectivity index (χ0n) is 12.8. The van der Waals surface area contributed by atoms with Crippen LogP contribution in [0.2, 0.25) is 0 Å². The van der Waals surface area contributed by atoms with Crippen LogP contribution in [0.1, 0.15) is 26.7 Å². The topological polar surface area (TPSA) is 120 Å². The summed E-state index contributed by atoms with van der Waals surface area (Å²) >= 11 is 0. The lowest BCUT2D eigenvalue weighted by Gasteiger charge is -2.17. The number of alkyl carbamates (subject to hydrolysis) is 1. The van der Waals surface area contributed by atoms with Crippen molar-refractivity contribution in [3.05, 3.63) is 0 Å². The van der Waals surface area contributed by atoms with E-state index >= 15 is 0 Å². The van der Waals surface area contributed by atoms with Gasteiger partial charge in [0.2, 0.25) is 11.8 Å². The van der Waals surface area contributed by atoms with Gasteiger partial charge in [0.05, 0.1) is 13.0 Å². The van der Waals surface area contributed by atoms with Gasteiger partial charge in [0.25, 0.3) is 0 Å². The van der Waals surface area contributed by atoms with Gasteiger partial charge < -0.3 is 25.8 Å². The summed E-state index contributed by atoms with van der Waals surface area (Å²) in [6, 6.07) is -1.04. The zero-order chi connectivity index (χ0) is 16.3. The van der Waals surface area contributed by atoms with Crippen molar-refractivity contribution < 1.29 is 23.9 Å². The zero-order valence-corrected chi connectivity index (χ0v) is 12.8. The van der Waals surface area contributed by atoms with Crippen LogP contribution in [-0.4, -0.2) is 50.8 Å². The first kappa shape index (κ1) is 19.2. The highest BCUT2D eigenvalue weighted by molar-refractivity contribution is 5.90. The smallest absolute Gasteiger partial charge is 0.407 e. The molecule has 0 saturated carbocycles. The number of carbonyl (C=O) groups excluding carboxylic acids is 3. The van der Waals surface area contributed by atoms with Gasteiger partial charge in [-0.05, 0) is 12.3 Å². The lowest BCUT2D eigenvalue weighted by Crippen LogP contribution is -2.49. The molecule has 0 aliphatic rings. The summed E-state index contributed by atoms with van der Waals surface area (Å²) in [7, 11) is 1.56. The highest BCUT2D eigenvalue weighted by Gasteiger charge is 2.23. The summed E-state index contributed by atoms with van der Waals surface area (Å²) in [5, 5.41) is 4.94. The maximum Gasteiger partial charge on any atom is 0.407 e. The quantitative estimate of drug-likeness (QED) is 0.481. The van der Waals surface area contributed by atoms with Crippen LogP contribution in [0.3, 0.4) is 0 Å². The Kier molecular flexibility index (Phi) is 9.95. The van der Waals surface area contributed by atoms with Crippen LogP contribution in [-0.2, 0) is 19.1 Å². The second-order valence-corrected chi connectivity index (χ2v) is 5.00. The van der Waals surface area contributed by atoms with Crippen LogP contribution in [0.15, 0.2) is 0 Å². The van der Waals surface area contributed by atoms with Gasteiger partial charge in [-0.1, -0.05) is 13.8 Å². The lowest BCUT2D eigenvalue weighted by atomic mass is 10.2. The minimum absolute atomic E-state index is 0.174. The van der Waals surface area contributed by atoms with Crippen LogP contribution in [0.5, 0.6) is 0 Å². The molecule has 0 aliphatic heterocycles. The average molecular weight is 303 g/mol. The summed E-state index contributed by atoms with van der Waals surface area (Å²) in [5.74, 6) is -0.990. The molecule has 0 saturated heterocycles. The van der Waals surface area contributed by atoms with Crippen molar-refractivity contribution in [3.8, 4) is 0 Å². The molecule has 1 atom stereocenters. The molecular weight excluding hydrogens is 278 g/mol. The van der Waals surface area contributed by atoms with Gasteiger partial charge in [0.15, 0.2) is 0 Å². The van der Waals surface area contributed by atoms with Crippen LogP contribution >= 0.6 is 0 Å². The molecule has 4 N–H and O–H groups in total. The highest BCUT2D eigenvalue weighted by Crippen LogP contribution is 1.97. The van der Waals surface area contributed by atoms with Crippen LogP contribution in [0.25, 0.3) is 0 Å². The highest BCUT2D eigenvalue weighted by atomic mass is 16.5. The van der Waals surface area contributed by atoms with Crippen LogP contribution in [0.4, 0.5) is 4.79 Å². The summed E-state index contributed by atoms with van der Waals surface area (Å²) in [6.07, 6.45) is -0.405. The van der Waals surface area contributed by atoms with E-state index in [1.54, 1.807) is 7.11 Å². The van der Waals surface area contributed by atoms with Gasteiger partial charge in [-0.3, -0.25) is 9.59 Å². The van der Waals surface area contributed by atoms with Crippen molar-refractivity contribution >= 4 is 17.9 Å².